The van der Waals surface area contributed by atoms with Gasteiger partial charge in [-0.15, -0.1) is 0 Å². The minimum absolute atomic E-state index is 0.0512. The Kier molecular flexibility index (Phi) is 3.69. The lowest BCUT2D eigenvalue weighted by Gasteiger charge is -2.10. The molecule has 4 nitrogen and oxygen atoms in total. The Bertz CT molecular complexity index is 671. The third kappa shape index (κ3) is 2.38. The van der Waals surface area contributed by atoms with E-state index in [1.807, 2.05) is 12.1 Å². The lowest BCUT2D eigenvalue weighted by molar-refractivity contribution is 0.0524. The number of carbonyl (C=O) groups excluding carboxylic acids is 1. The van der Waals surface area contributed by atoms with Gasteiger partial charge in [0.15, 0.2) is 0 Å². The average molecular weight is 259 g/mol. The van der Waals surface area contributed by atoms with Gasteiger partial charge >= 0.3 is 5.97 Å². The molecule has 0 amide bonds. The van der Waals surface area contributed by atoms with Gasteiger partial charge in [0.1, 0.15) is 5.56 Å². The Morgan fingerprint density at radius 3 is 2.74 bits per heavy atom. The predicted octanol–water partition coefficient (Wildman–Crippen LogP) is 2.83. The third-order valence-electron chi connectivity index (χ3n) is 3.06. The van der Waals surface area contributed by atoms with Gasteiger partial charge in [0, 0.05) is 11.6 Å². The van der Waals surface area contributed by atoms with Crippen molar-refractivity contribution >= 4 is 16.9 Å². The molecule has 0 aliphatic carbocycles. The third-order valence-corrected chi connectivity index (χ3v) is 3.06. The van der Waals surface area contributed by atoms with Crippen molar-refractivity contribution in [2.24, 2.45) is 0 Å². The average Bonchev–Trinajstić information content (AvgIpc) is 2.38. The number of hydrogen-bond acceptors (Lipinski definition) is 3. The summed E-state index contributed by atoms with van der Waals surface area (Å²) in [5.41, 5.74) is 1.62. The molecule has 4 heteroatoms. The molecule has 0 aliphatic rings. The summed E-state index contributed by atoms with van der Waals surface area (Å²) in [5, 5.41) is 0.525. The Morgan fingerprint density at radius 2 is 2.11 bits per heavy atom. The van der Waals surface area contributed by atoms with E-state index in [-0.39, 0.29) is 17.6 Å². The molecule has 0 saturated heterocycles. The zero-order valence-corrected chi connectivity index (χ0v) is 11.3. The highest BCUT2D eigenvalue weighted by Gasteiger charge is 2.15. The zero-order valence-electron chi connectivity index (χ0n) is 11.3. The first-order chi connectivity index (χ1) is 9.06. The van der Waals surface area contributed by atoms with Crippen LogP contribution >= 0.6 is 0 Å². The largest absolute Gasteiger partial charge is 0.462 e. The SMILES string of the molecule is CCOC(=O)c1c[nH]c2c(C(C)C)cccc2c1=O. The van der Waals surface area contributed by atoms with E-state index < -0.39 is 5.97 Å². The Hall–Kier alpha value is -2.10. The van der Waals surface area contributed by atoms with Crippen LogP contribution in [0.25, 0.3) is 10.9 Å². The van der Waals surface area contributed by atoms with Crippen LogP contribution in [0.3, 0.4) is 0 Å². The minimum atomic E-state index is -0.583. The number of ether oxygens (including phenoxy) is 1. The molecule has 0 fully saturated rings. The number of aromatic amines is 1. The Balaban J connectivity index is 2.67. The second kappa shape index (κ2) is 5.26. The van der Waals surface area contributed by atoms with Gasteiger partial charge in [0.05, 0.1) is 12.1 Å². The normalized spacial score (nSPS) is 10.9. The molecule has 0 aliphatic heterocycles. The standard InChI is InChI=1S/C15H17NO3/c1-4-19-15(18)12-8-16-13-10(9(2)3)6-5-7-11(13)14(12)17/h5-9H,4H2,1-3H3,(H,16,17). The van der Waals surface area contributed by atoms with Crippen molar-refractivity contribution in [2.75, 3.05) is 6.61 Å². The van der Waals surface area contributed by atoms with Crippen LogP contribution < -0.4 is 5.43 Å². The summed E-state index contributed by atoms with van der Waals surface area (Å²) in [5.74, 6) is -0.284. The smallest absolute Gasteiger partial charge is 0.343 e. The van der Waals surface area contributed by atoms with Gasteiger partial charge in [-0.25, -0.2) is 4.79 Å². The van der Waals surface area contributed by atoms with Crippen molar-refractivity contribution in [2.45, 2.75) is 26.7 Å². The van der Waals surface area contributed by atoms with Gasteiger partial charge in [-0.05, 0) is 24.5 Å². The van der Waals surface area contributed by atoms with Crippen LogP contribution in [0.15, 0.2) is 29.2 Å². The molecule has 0 saturated carbocycles. The molecule has 19 heavy (non-hydrogen) atoms. The van der Waals surface area contributed by atoms with E-state index in [1.54, 1.807) is 13.0 Å². The summed E-state index contributed by atoms with van der Waals surface area (Å²) < 4.78 is 4.88. The number of para-hydroxylation sites is 1. The number of aromatic nitrogens is 1. The molecule has 2 rings (SSSR count). The number of rotatable bonds is 3. The summed E-state index contributed by atoms with van der Waals surface area (Å²) in [6, 6.07) is 5.54. The number of fused-ring (bicyclic) bond motifs is 1. The summed E-state index contributed by atoms with van der Waals surface area (Å²) in [7, 11) is 0. The van der Waals surface area contributed by atoms with E-state index in [4.69, 9.17) is 4.74 Å². The van der Waals surface area contributed by atoms with Gasteiger partial charge in [0.25, 0.3) is 0 Å². The lowest BCUT2D eigenvalue weighted by Crippen LogP contribution is -2.18. The highest BCUT2D eigenvalue weighted by molar-refractivity contribution is 5.94. The van der Waals surface area contributed by atoms with E-state index in [2.05, 4.69) is 18.8 Å². The van der Waals surface area contributed by atoms with Crippen molar-refractivity contribution in [3.63, 3.8) is 0 Å². The molecular weight excluding hydrogens is 242 g/mol. The summed E-state index contributed by atoms with van der Waals surface area (Å²) in [4.78, 5) is 27.0. The van der Waals surface area contributed by atoms with Crippen LogP contribution in [-0.2, 0) is 4.74 Å². The number of benzene rings is 1. The van der Waals surface area contributed by atoms with E-state index in [9.17, 15) is 9.59 Å². The van der Waals surface area contributed by atoms with Gasteiger partial charge in [-0.3, -0.25) is 4.79 Å². The number of hydrogen-bond donors (Lipinski definition) is 1. The maximum atomic E-state index is 12.3. The van der Waals surface area contributed by atoms with E-state index >= 15 is 0 Å². The molecule has 0 unspecified atom stereocenters. The molecule has 1 aromatic heterocycles. The summed E-state index contributed by atoms with van der Waals surface area (Å²) in [6.07, 6.45) is 1.44. The first-order valence-corrected chi connectivity index (χ1v) is 6.37. The molecule has 0 atom stereocenters. The fourth-order valence-electron chi connectivity index (χ4n) is 2.12. The van der Waals surface area contributed by atoms with Gasteiger partial charge in [0.2, 0.25) is 5.43 Å². The van der Waals surface area contributed by atoms with Crippen LogP contribution in [0.4, 0.5) is 0 Å². The fraction of sp³-hybridized carbons (Fsp3) is 0.333. The maximum absolute atomic E-state index is 12.3. The van der Waals surface area contributed by atoms with Crippen LogP contribution in [0, 0.1) is 0 Å². The van der Waals surface area contributed by atoms with Crippen molar-refractivity contribution in [3.8, 4) is 0 Å². The molecule has 1 heterocycles. The Labute approximate surface area is 111 Å². The van der Waals surface area contributed by atoms with Crippen LogP contribution in [0.1, 0.15) is 42.6 Å². The highest BCUT2D eigenvalue weighted by Crippen LogP contribution is 2.21. The lowest BCUT2D eigenvalue weighted by atomic mass is 9.99. The molecule has 0 bridgehead atoms. The van der Waals surface area contributed by atoms with Gasteiger partial charge in [-0.2, -0.15) is 0 Å². The van der Waals surface area contributed by atoms with Crippen LogP contribution in [-0.4, -0.2) is 17.6 Å². The summed E-state index contributed by atoms with van der Waals surface area (Å²) >= 11 is 0. The van der Waals surface area contributed by atoms with Crippen molar-refractivity contribution < 1.29 is 9.53 Å². The van der Waals surface area contributed by atoms with E-state index in [0.29, 0.717) is 11.3 Å². The maximum Gasteiger partial charge on any atom is 0.343 e. The first kappa shape index (κ1) is 13.3. The number of H-pyrrole nitrogens is 1. The second-order valence-corrected chi connectivity index (χ2v) is 4.68. The fourth-order valence-corrected chi connectivity index (χ4v) is 2.12. The molecule has 0 radical (unpaired) electrons. The van der Waals surface area contributed by atoms with Crippen LogP contribution in [0.5, 0.6) is 0 Å². The van der Waals surface area contributed by atoms with Gasteiger partial charge < -0.3 is 9.72 Å². The summed E-state index contributed by atoms with van der Waals surface area (Å²) in [6.45, 7) is 6.09. The van der Waals surface area contributed by atoms with Crippen molar-refractivity contribution in [1.29, 1.82) is 0 Å². The molecule has 1 aromatic carbocycles. The molecule has 0 spiro atoms. The number of pyridine rings is 1. The molecule has 1 N–H and O–H groups in total. The Morgan fingerprint density at radius 1 is 1.37 bits per heavy atom. The van der Waals surface area contributed by atoms with Crippen molar-refractivity contribution in [3.05, 3.63) is 45.7 Å². The number of carbonyl (C=O) groups is 1. The first-order valence-electron chi connectivity index (χ1n) is 6.37. The zero-order chi connectivity index (χ0) is 14.0. The number of esters is 1. The topological polar surface area (TPSA) is 59.2 Å². The molecular formula is C15H17NO3. The van der Waals surface area contributed by atoms with E-state index in [1.165, 1.54) is 6.20 Å². The highest BCUT2D eigenvalue weighted by atomic mass is 16.5. The second-order valence-electron chi connectivity index (χ2n) is 4.68. The van der Waals surface area contributed by atoms with Gasteiger partial charge in [-0.1, -0.05) is 26.0 Å². The number of nitrogens with one attached hydrogen (secondary N) is 1. The van der Waals surface area contributed by atoms with Crippen molar-refractivity contribution in [1.82, 2.24) is 4.98 Å². The molecule has 2 aromatic rings. The monoisotopic (exact) mass is 259 g/mol. The van der Waals surface area contributed by atoms with E-state index in [0.717, 1.165) is 11.1 Å². The quantitative estimate of drug-likeness (QED) is 0.862. The van der Waals surface area contributed by atoms with Crippen LogP contribution in [0.2, 0.25) is 0 Å². The predicted molar refractivity (Wildman–Crippen MR) is 74.6 cm³/mol. The molecule has 100 valence electrons. The minimum Gasteiger partial charge on any atom is -0.462 e.